The fourth-order valence-corrected chi connectivity index (χ4v) is 2.73. The van der Waals surface area contributed by atoms with Gasteiger partial charge in [0.2, 0.25) is 0 Å². The summed E-state index contributed by atoms with van der Waals surface area (Å²) in [5, 5.41) is 10.0. The monoisotopic (exact) mass is 365 g/mol. The molecule has 1 amide bonds. The van der Waals surface area contributed by atoms with E-state index >= 15 is 0 Å². The van der Waals surface area contributed by atoms with Crippen molar-refractivity contribution >= 4 is 5.91 Å². The number of para-hydroxylation sites is 1. The molecule has 1 N–H and O–H groups in total. The molecule has 1 aromatic heterocycles. The summed E-state index contributed by atoms with van der Waals surface area (Å²) in [6.07, 6.45) is 2.53. The second-order valence-electron chi connectivity index (χ2n) is 6.24. The van der Waals surface area contributed by atoms with Crippen LogP contribution in [0.1, 0.15) is 23.8 Å². The Kier molecular flexibility index (Phi) is 6.15. The van der Waals surface area contributed by atoms with E-state index in [1.165, 1.54) is 5.56 Å². The number of carbonyl (C=O) groups is 1. The Morgan fingerprint density at radius 3 is 2.48 bits per heavy atom. The minimum Gasteiger partial charge on any atom is -0.508 e. The summed E-state index contributed by atoms with van der Waals surface area (Å²) < 4.78 is 11.0. The van der Waals surface area contributed by atoms with Crippen LogP contribution >= 0.6 is 0 Å². The molecule has 0 radical (unpaired) electrons. The summed E-state index contributed by atoms with van der Waals surface area (Å²) in [6.45, 7) is 2.58. The van der Waals surface area contributed by atoms with Crippen molar-refractivity contribution in [3.63, 3.8) is 0 Å². The molecule has 0 atom stereocenters. The lowest BCUT2D eigenvalue weighted by atomic mass is 10.2. The van der Waals surface area contributed by atoms with E-state index in [0.29, 0.717) is 23.6 Å². The first-order valence-electron chi connectivity index (χ1n) is 8.94. The summed E-state index contributed by atoms with van der Waals surface area (Å²) in [6, 6.07) is 18.3. The van der Waals surface area contributed by atoms with Crippen LogP contribution in [-0.2, 0) is 24.3 Å². The third-order valence-corrected chi connectivity index (χ3v) is 4.33. The van der Waals surface area contributed by atoms with Gasteiger partial charge in [0.1, 0.15) is 17.3 Å². The molecule has 3 aromatic rings. The molecule has 0 saturated carbocycles. The summed E-state index contributed by atoms with van der Waals surface area (Å²) >= 11 is 0. The van der Waals surface area contributed by atoms with Crippen molar-refractivity contribution in [1.82, 2.24) is 4.90 Å². The van der Waals surface area contributed by atoms with Gasteiger partial charge in [-0.1, -0.05) is 37.3 Å². The van der Waals surface area contributed by atoms with Crippen LogP contribution in [0.2, 0.25) is 0 Å². The van der Waals surface area contributed by atoms with Gasteiger partial charge in [0, 0.05) is 12.1 Å². The number of aromatic hydroxyl groups is 1. The van der Waals surface area contributed by atoms with Gasteiger partial charge < -0.3 is 19.2 Å². The highest BCUT2D eigenvalue weighted by atomic mass is 16.5. The molecular formula is C22H23NO4. The lowest BCUT2D eigenvalue weighted by molar-refractivity contribution is -0.134. The summed E-state index contributed by atoms with van der Waals surface area (Å²) in [5.74, 6) is 1.30. The molecule has 0 unspecified atom stereocenters. The molecule has 0 aliphatic rings. The first-order chi connectivity index (χ1) is 13.2. The van der Waals surface area contributed by atoms with Crippen molar-refractivity contribution in [3.8, 4) is 11.5 Å². The second kappa shape index (κ2) is 8.94. The molecule has 140 valence electrons. The molecule has 2 aromatic carbocycles. The van der Waals surface area contributed by atoms with Gasteiger partial charge in [0.25, 0.3) is 5.91 Å². The van der Waals surface area contributed by atoms with Crippen molar-refractivity contribution in [2.24, 2.45) is 0 Å². The minimum absolute atomic E-state index is 0.0836. The third-order valence-electron chi connectivity index (χ3n) is 4.33. The van der Waals surface area contributed by atoms with Crippen molar-refractivity contribution in [2.75, 3.05) is 6.61 Å². The van der Waals surface area contributed by atoms with Gasteiger partial charge in [-0.05, 0) is 42.3 Å². The van der Waals surface area contributed by atoms with Crippen molar-refractivity contribution in [1.29, 1.82) is 0 Å². The standard InChI is InChI=1S/C22H23NO4/c1-2-17-9-11-19(12-10-17)27-16-22(25)23(15-20-7-5-13-26-20)14-18-6-3-4-8-21(18)24/h3-13,24H,2,14-16H2,1H3. The number of ether oxygens (including phenoxy) is 1. The zero-order valence-electron chi connectivity index (χ0n) is 15.3. The van der Waals surface area contributed by atoms with Gasteiger partial charge in [-0.2, -0.15) is 0 Å². The third kappa shape index (κ3) is 5.14. The van der Waals surface area contributed by atoms with E-state index < -0.39 is 0 Å². The van der Waals surface area contributed by atoms with Crippen molar-refractivity contribution in [3.05, 3.63) is 83.8 Å². The molecular weight excluding hydrogens is 342 g/mol. The highest BCUT2D eigenvalue weighted by Crippen LogP contribution is 2.20. The zero-order chi connectivity index (χ0) is 19.1. The van der Waals surface area contributed by atoms with Crippen LogP contribution in [0.25, 0.3) is 0 Å². The van der Waals surface area contributed by atoms with Gasteiger partial charge in [0.15, 0.2) is 6.61 Å². The molecule has 0 fully saturated rings. The van der Waals surface area contributed by atoms with Crippen LogP contribution in [0.3, 0.4) is 0 Å². The van der Waals surface area contributed by atoms with E-state index in [0.717, 1.165) is 6.42 Å². The Morgan fingerprint density at radius 2 is 1.81 bits per heavy atom. The molecule has 27 heavy (non-hydrogen) atoms. The number of phenolic OH excluding ortho intramolecular Hbond substituents is 1. The largest absolute Gasteiger partial charge is 0.508 e. The van der Waals surface area contributed by atoms with E-state index in [4.69, 9.17) is 9.15 Å². The van der Waals surface area contributed by atoms with Gasteiger partial charge in [-0.15, -0.1) is 0 Å². The van der Waals surface area contributed by atoms with Crippen LogP contribution in [0.4, 0.5) is 0 Å². The van der Waals surface area contributed by atoms with E-state index in [9.17, 15) is 9.90 Å². The molecule has 0 saturated heterocycles. The molecule has 1 heterocycles. The number of aryl methyl sites for hydroxylation is 1. The summed E-state index contributed by atoms with van der Waals surface area (Å²) in [4.78, 5) is 14.4. The first-order valence-corrected chi connectivity index (χ1v) is 8.94. The van der Waals surface area contributed by atoms with Crippen molar-refractivity contribution in [2.45, 2.75) is 26.4 Å². The van der Waals surface area contributed by atoms with E-state index in [1.807, 2.05) is 36.4 Å². The number of nitrogens with zero attached hydrogens (tertiary/aromatic N) is 1. The summed E-state index contributed by atoms with van der Waals surface area (Å²) in [5.41, 5.74) is 1.89. The Hall–Kier alpha value is -3.21. The number of hydrogen-bond donors (Lipinski definition) is 1. The SMILES string of the molecule is CCc1ccc(OCC(=O)N(Cc2ccco2)Cc2ccccc2O)cc1. The number of hydrogen-bond acceptors (Lipinski definition) is 4. The van der Waals surface area contributed by atoms with Crippen LogP contribution in [0.5, 0.6) is 11.5 Å². The van der Waals surface area contributed by atoms with Gasteiger partial charge >= 0.3 is 0 Å². The Balaban J connectivity index is 1.68. The van der Waals surface area contributed by atoms with Crippen LogP contribution in [0.15, 0.2) is 71.3 Å². The molecule has 5 heteroatoms. The quantitative estimate of drug-likeness (QED) is 0.651. The number of phenols is 1. The number of benzene rings is 2. The fraction of sp³-hybridized carbons (Fsp3) is 0.227. The van der Waals surface area contributed by atoms with E-state index in [1.54, 1.807) is 35.4 Å². The molecule has 0 spiro atoms. The molecule has 0 bridgehead atoms. The lowest BCUT2D eigenvalue weighted by Crippen LogP contribution is -2.34. The van der Waals surface area contributed by atoms with Gasteiger partial charge in [0.05, 0.1) is 12.8 Å². The predicted octanol–water partition coefficient (Wildman–Crippen LogP) is 4.16. The predicted molar refractivity (Wildman–Crippen MR) is 102 cm³/mol. The Labute approximate surface area is 158 Å². The van der Waals surface area contributed by atoms with Gasteiger partial charge in [-0.25, -0.2) is 0 Å². The zero-order valence-corrected chi connectivity index (χ0v) is 15.3. The van der Waals surface area contributed by atoms with Crippen LogP contribution in [0, 0.1) is 0 Å². The smallest absolute Gasteiger partial charge is 0.261 e. The normalized spacial score (nSPS) is 10.6. The van der Waals surface area contributed by atoms with Crippen LogP contribution in [-0.4, -0.2) is 22.5 Å². The average Bonchev–Trinajstić information content (AvgIpc) is 3.21. The van der Waals surface area contributed by atoms with Crippen LogP contribution < -0.4 is 4.74 Å². The van der Waals surface area contributed by atoms with E-state index in [2.05, 4.69) is 6.92 Å². The number of amides is 1. The second-order valence-corrected chi connectivity index (χ2v) is 6.24. The highest BCUT2D eigenvalue weighted by molar-refractivity contribution is 5.77. The van der Waals surface area contributed by atoms with Gasteiger partial charge in [-0.3, -0.25) is 4.79 Å². The minimum atomic E-state index is -0.186. The Morgan fingerprint density at radius 1 is 1.04 bits per heavy atom. The number of carbonyl (C=O) groups excluding carboxylic acids is 1. The maximum absolute atomic E-state index is 12.8. The molecule has 5 nitrogen and oxygen atoms in total. The molecule has 0 aliphatic heterocycles. The average molecular weight is 365 g/mol. The highest BCUT2D eigenvalue weighted by Gasteiger charge is 2.18. The fourth-order valence-electron chi connectivity index (χ4n) is 2.73. The summed E-state index contributed by atoms with van der Waals surface area (Å²) in [7, 11) is 0. The molecule has 0 aliphatic carbocycles. The van der Waals surface area contributed by atoms with E-state index in [-0.39, 0.29) is 24.8 Å². The maximum Gasteiger partial charge on any atom is 0.261 e. The van der Waals surface area contributed by atoms with Crippen molar-refractivity contribution < 1.29 is 19.1 Å². The number of rotatable bonds is 8. The topological polar surface area (TPSA) is 62.9 Å². The Bertz CT molecular complexity index is 856. The maximum atomic E-state index is 12.8. The first kappa shape index (κ1) is 18.6. The molecule has 3 rings (SSSR count). The number of furan rings is 1. The lowest BCUT2D eigenvalue weighted by Gasteiger charge is -2.22.